The molecule has 0 spiro atoms. The van der Waals surface area contributed by atoms with Gasteiger partial charge in [0.2, 0.25) is 0 Å². The molecule has 0 saturated heterocycles. The summed E-state index contributed by atoms with van der Waals surface area (Å²) in [5.74, 6) is 0.806. The maximum atomic E-state index is 12.4. The zero-order valence-electron chi connectivity index (χ0n) is 16.5. The van der Waals surface area contributed by atoms with Crippen molar-refractivity contribution in [2.45, 2.75) is 25.2 Å². The molecule has 0 bridgehead atoms. The normalized spacial score (nSPS) is 12.0. The van der Waals surface area contributed by atoms with Crippen LogP contribution < -0.4 is 4.74 Å². The van der Waals surface area contributed by atoms with E-state index < -0.39 is 9.84 Å². The summed E-state index contributed by atoms with van der Waals surface area (Å²) < 4.78 is 30.7. The molecule has 2 aromatic heterocycles. The summed E-state index contributed by atoms with van der Waals surface area (Å²) in [7, 11) is -3.29. The molecule has 149 valence electrons. The Morgan fingerprint density at radius 2 is 2.00 bits per heavy atom. The van der Waals surface area contributed by atoms with Crippen LogP contribution in [0.25, 0.3) is 33.1 Å². The van der Waals surface area contributed by atoms with Crippen LogP contribution in [0.15, 0.2) is 53.6 Å². The van der Waals surface area contributed by atoms with Gasteiger partial charge in [-0.15, -0.1) is 0 Å². The van der Waals surface area contributed by atoms with Crippen LogP contribution in [0.5, 0.6) is 5.75 Å². The van der Waals surface area contributed by atoms with Gasteiger partial charge in [0, 0.05) is 17.0 Å². The predicted molar refractivity (Wildman–Crippen MR) is 117 cm³/mol. The topological polar surface area (TPSA) is 72.1 Å². The van der Waals surface area contributed by atoms with E-state index in [1.54, 1.807) is 25.1 Å². The molecule has 0 unspecified atom stereocenters. The van der Waals surface area contributed by atoms with Crippen LogP contribution in [0, 0.1) is 13.8 Å². The number of ether oxygens (including phenoxy) is 1. The number of benzene rings is 2. The molecule has 0 aliphatic heterocycles. The zero-order chi connectivity index (χ0) is 20.6. The number of sulfone groups is 1. The Morgan fingerprint density at radius 1 is 1.17 bits per heavy atom. The first kappa shape index (κ1) is 19.5. The molecule has 6 heteroatoms. The minimum absolute atomic E-state index is 0.0693. The highest BCUT2D eigenvalue weighted by atomic mass is 32.2. The fourth-order valence-corrected chi connectivity index (χ4v) is 4.46. The molecule has 2 heterocycles. The van der Waals surface area contributed by atoms with E-state index in [0.29, 0.717) is 17.9 Å². The predicted octanol–water partition coefficient (Wildman–Crippen LogP) is 5.09. The molecule has 0 aliphatic rings. The molecule has 0 amide bonds. The number of aryl methyl sites for hydroxylation is 1. The largest absolute Gasteiger partial charge is 0.491 e. The van der Waals surface area contributed by atoms with E-state index in [1.165, 1.54) is 0 Å². The zero-order valence-corrected chi connectivity index (χ0v) is 17.3. The molecule has 29 heavy (non-hydrogen) atoms. The molecular weight excluding hydrogens is 384 g/mol. The second kappa shape index (κ2) is 7.52. The number of pyridine rings is 1. The second-order valence-electron chi connectivity index (χ2n) is 7.03. The standard InChI is InChI=1S/C23H23N2O3S/c1-4-11-28-20-10-9-18(16-7-6-8-17(13-16)29(26,27)5-2)21-19-12-15(3)14-24-23(19)25-22(20)21/h6-10,12-14H,1,4-5,11H2,2-3H3,(H,24,25). The van der Waals surface area contributed by atoms with Gasteiger partial charge in [0.1, 0.15) is 11.4 Å². The highest BCUT2D eigenvalue weighted by Gasteiger charge is 2.18. The number of hydrogen-bond acceptors (Lipinski definition) is 4. The van der Waals surface area contributed by atoms with Gasteiger partial charge in [-0.1, -0.05) is 19.1 Å². The Bertz CT molecular complexity index is 1310. The number of nitrogens with zero attached hydrogens (tertiary/aromatic N) is 1. The molecular formula is C23H23N2O3S. The fourth-order valence-electron chi connectivity index (χ4n) is 3.53. The second-order valence-corrected chi connectivity index (χ2v) is 9.31. The summed E-state index contributed by atoms with van der Waals surface area (Å²) in [5.41, 5.74) is 4.46. The average molecular weight is 408 g/mol. The Labute approximate surface area is 170 Å². The van der Waals surface area contributed by atoms with E-state index in [9.17, 15) is 8.42 Å². The van der Waals surface area contributed by atoms with Crippen molar-refractivity contribution in [2.75, 3.05) is 12.4 Å². The maximum absolute atomic E-state index is 12.4. The van der Waals surface area contributed by atoms with Crippen LogP contribution in [0.1, 0.15) is 18.9 Å². The Morgan fingerprint density at radius 3 is 2.76 bits per heavy atom. The van der Waals surface area contributed by atoms with Crippen LogP contribution in [0.3, 0.4) is 0 Å². The van der Waals surface area contributed by atoms with Gasteiger partial charge in [0.25, 0.3) is 0 Å². The maximum Gasteiger partial charge on any atom is 0.178 e. The third-order valence-electron chi connectivity index (χ3n) is 4.99. The fraction of sp³-hybridized carbons (Fsp3) is 0.217. The molecule has 0 fully saturated rings. The van der Waals surface area contributed by atoms with Crippen LogP contribution in [-0.2, 0) is 9.84 Å². The molecule has 1 radical (unpaired) electrons. The minimum atomic E-state index is -3.29. The highest BCUT2D eigenvalue weighted by molar-refractivity contribution is 7.91. The summed E-state index contributed by atoms with van der Waals surface area (Å²) in [6.45, 7) is 8.01. The van der Waals surface area contributed by atoms with E-state index in [1.807, 2.05) is 31.3 Å². The van der Waals surface area contributed by atoms with Crippen molar-refractivity contribution in [3.05, 3.63) is 61.1 Å². The van der Waals surface area contributed by atoms with E-state index in [-0.39, 0.29) is 5.75 Å². The molecule has 1 N–H and O–H groups in total. The molecule has 4 rings (SSSR count). The first-order chi connectivity index (χ1) is 13.9. The highest BCUT2D eigenvalue weighted by Crippen LogP contribution is 2.39. The quantitative estimate of drug-likeness (QED) is 0.483. The van der Waals surface area contributed by atoms with Crippen LogP contribution >= 0.6 is 0 Å². The van der Waals surface area contributed by atoms with Crippen molar-refractivity contribution >= 4 is 31.8 Å². The van der Waals surface area contributed by atoms with Gasteiger partial charge >= 0.3 is 0 Å². The summed E-state index contributed by atoms with van der Waals surface area (Å²) in [5, 5.41) is 1.96. The van der Waals surface area contributed by atoms with Gasteiger partial charge in [-0.25, -0.2) is 13.4 Å². The number of nitrogens with one attached hydrogen (secondary N) is 1. The lowest BCUT2D eigenvalue weighted by Crippen LogP contribution is -2.03. The third-order valence-corrected chi connectivity index (χ3v) is 6.72. The van der Waals surface area contributed by atoms with Crippen molar-refractivity contribution in [1.29, 1.82) is 0 Å². The third kappa shape index (κ3) is 3.49. The van der Waals surface area contributed by atoms with Gasteiger partial charge in [-0.05, 0) is 67.3 Å². The first-order valence-corrected chi connectivity index (χ1v) is 11.3. The number of fused-ring (bicyclic) bond motifs is 3. The Kier molecular flexibility index (Phi) is 5.04. The smallest absolute Gasteiger partial charge is 0.178 e. The van der Waals surface area contributed by atoms with Crippen molar-refractivity contribution in [3.8, 4) is 16.9 Å². The van der Waals surface area contributed by atoms with Crippen LogP contribution in [-0.4, -0.2) is 30.7 Å². The van der Waals surface area contributed by atoms with E-state index in [0.717, 1.165) is 44.4 Å². The Balaban J connectivity index is 2.02. The summed E-state index contributed by atoms with van der Waals surface area (Å²) in [6.07, 6.45) is 2.49. The van der Waals surface area contributed by atoms with Crippen molar-refractivity contribution < 1.29 is 13.2 Å². The lowest BCUT2D eigenvalue weighted by Gasteiger charge is -2.11. The van der Waals surface area contributed by atoms with E-state index >= 15 is 0 Å². The number of rotatable bonds is 6. The SMILES string of the molecule is [CH2]CCOc1ccc(-c2cccc(S(=O)(=O)CC)c2)c2c1[nH]c1ncc(C)cc12. The van der Waals surface area contributed by atoms with Crippen LogP contribution in [0.2, 0.25) is 0 Å². The lowest BCUT2D eigenvalue weighted by molar-refractivity contribution is 0.327. The minimum Gasteiger partial charge on any atom is -0.491 e. The van der Waals surface area contributed by atoms with Gasteiger partial charge in [-0.2, -0.15) is 0 Å². The Hall–Kier alpha value is -2.86. The molecule has 0 aliphatic carbocycles. The number of aromatic amines is 1. The van der Waals surface area contributed by atoms with Crippen molar-refractivity contribution in [3.63, 3.8) is 0 Å². The van der Waals surface area contributed by atoms with Gasteiger partial charge in [-0.3, -0.25) is 0 Å². The lowest BCUT2D eigenvalue weighted by atomic mass is 9.99. The van der Waals surface area contributed by atoms with Gasteiger partial charge in [0.05, 0.1) is 22.8 Å². The van der Waals surface area contributed by atoms with Crippen LogP contribution in [0.4, 0.5) is 0 Å². The molecule has 0 atom stereocenters. The molecule has 4 aromatic rings. The molecule has 0 saturated carbocycles. The average Bonchev–Trinajstić information content (AvgIpc) is 3.11. The summed E-state index contributed by atoms with van der Waals surface area (Å²) >= 11 is 0. The monoisotopic (exact) mass is 407 g/mol. The number of hydrogen-bond donors (Lipinski definition) is 1. The van der Waals surface area contributed by atoms with Gasteiger partial charge < -0.3 is 9.72 Å². The van der Waals surface area contributed by atoms with Crippen molar-refractivity contribution in [2.24, 2.45) is 0 Å². The number of H-pyrrole nitrogens is 1. The molecule has 2 aromatic carbocycles. The molecule has 5 nitrogen and oxygen atoms in total. The summed E-state index contributed by atoms with van der Waals surface area (Å²) in [6, 6.07) is 13.1. The summed E-state index contributed by atoms with van der Waals surface area (Å²) in [4.78, 5) is 8.23. The first-order valence-electron chi connectivity index (χ1n) is 9.61. The number of aromatic nitrogens is 2. The van der Waals surface area contributed by atoms with Crippen molar-refractivity contribution in [1.82, 2.24) is 9.97 Å². The van der Waals surface area contributed by atoms with E-state index in [2.05, 4.69) is 23.0 Å². The van der Waals surface area contributed by atoms with Gasteiger partial charge in [0.15, 0.2) is 9.84 Å². The van der Waals surface area contributed by atoms with E-state index in [4.69, 9.17) is 4.74 Å².